The van der Waals surface area contributed by atoms with E-state index in [-0.39, 0.29) is 23.2 Å². The van der Waals surface area contributed by atoms with Crippen molar-refractivity contribution in [1.29, 1.82) is 0 Å². The summed E-state index contributed by atoms with van der Waals surface area (Å²) >= 11 is 5.70. The molecule has 0 radical (unpaired) electrons. The smallest absolute Gasteiger partial charge is 0.490 e. The number of fused-ring (bicyclic) bond motifs is 1. The zero-order valence-electron chi connectivity index (χ0n) is 24.4. The number of likely N-dealkylation sites (tertiary alicyclic amines) is 1. The maximum Gasteiger partial charge on any atom is 0.490 e. The number of alkyl halides is 6. The average molecular weight is 654 g/mol. The highest BCUT2D eigenvalue weighted by Gasteiger charge is 2.52. The lowest BCUT2D eigenvalue weighted by molar-refractivity contribution is -0.192. The number of methoxy groups -OCH3 is 2. The number of aliphatic carboxylic acids is 1. The molecular formula is C29H34ClF6N3O5. The monoisotopic (exact) mass is 653 g/mol. The highest BCUT2D eigenvalue weighted by atomic mass is 35.5. The Hall–Kier alpha value is -3.39. The lowest BCUT2D eigenvalue weighted by atomic mass is 9.65. The second-order valence-electron chi connectivity index (χ2n) is 10.9. The number of carboxylic acids is 1. The van der Waals surface area contributed by atoms with E-state index < -0.39 is 34.9 Å². The fourth-order valence-electron chi connectivity index (χ4n) is 5.99. The van der Waals surface area contributed by atoms with Crippen LogP contribution in [0, 0.1) is 0 Å². The number of ether oxygens (including phenoxy) is 2. The summed E-state index contributed by atoms with van der Waals surface area (Å²) in [5, 5.41) is 12.2. The standard InChI is InChI=1S/C27H33ClF3N3O3.C2HF3O2/c1-16(2)34-12-11-26(17-5-8-22(36-3)23(13-17)37-4)10-9-19(15-24(26)34)33-25(35)32-18-6-7-21(28)20(14-18)27(29,30)31;3-2(4,5)1(6)7/h5-8,13-14,16,19,24H,9-12,15H2,1-4H3,(H2,32,33,35);(H,6,7). The van der Waals surface area contributed by atoms with E-state index in [2.05, 4.69) is 41.5 Å². The van der Waals surface area contributed by atoms with E-state index in [9.17, 15) is 31.1 Å². The van der Waals surface area contributed by atoms with Crippen molar-refractivity contribution in [3.63, 3.8) is 0 Å². The first kappa shape index (κ1) is 35.1. The summed E-state index contributed by atoms with van der Waals surface area (Å²) in [6.45, 7) is 5.29. The molecule has 1 aliphatic carbocycles. The third-order valence-corrected chi connectivity index (χ3v) is 8.36. The topological polar surface area (TPSA) is 100 Å². The highest BCUT2D eigenvalue weighted by Crippen LogP contribution is 2.51. The third-order valence-electron chi connectivity index (χ3n) is 8.03. The fraction of sp³-hybridized carbons (Fsp3) is 0.517. The molecule has 0 spiro atoms. The van der Waals surface area contributed by atoms with Gasteiger partial charge in [0.25, 0.3) is 0 Å². The third kappa shape index (κ3) is 8.00. The molecule has 2 amide bonds. The van der Waals surface area contributed by atoms with Crippen LogP contribution in [0.2, 0.25) is 5.02 Å². The summed E-state index contributed by atoms with van der Waals surface area (Å²) in [7, 11) is 3.24. The minimum absolute atomic E-state index is 0.0365. The molecule has 44 heavy (non-hydrogen) atoms. The molecule has 0 bridgehead atoms. The molecule has 3 unspecified atom stereocenters. The van der Waals surface area contributed by atoms with Crippen molar-refractivity contribution in [3.8, 4) is 11.5 Å². The molecule has 1 saturated heterocycles. The van der Waals surface area contributed by atoms with Crippen molar-refractivity contribution in [2.45, 2.75) is 75.4 Å². The van der Waals surface area contributed by atoms with E-state index in [0.29, 0.717) is 17.5 Å². The second kappa shape index (κ2) is 13.7. The average Bonchev–Trinajstić information content (AvgIpc) is 3.33. The summed E-state index contributed by atoms with van der Waals surface area (Å²) in [5.74, 6) is -1.38. The number of halogens is 7. The number of urea groups is 1. The molecule has 3 N–H and O–H groups in total. The maximum absolute atomic E-state index is 13.2. The fourth-order valence-corrected chi connectivity index (χ4v) is 6.21. The van der Waals surface area contributed by atoms with Crippen molar-refractivity contribution in [3.05, 3.63) is 52.5 Å². The van der Waals surface area contributed by atoms with E-state index in [0.717, 1.165) is 44.4 Å². The minimum Gasteiger partial charge on any atom is -0.493 e. The Kier molecular flexibility index (Phi) is 10.9. The Balaban J connectivity index is 0.000000676. The van der Waals surface area contributed by atoms with Gasteiger partial charge in [0.1, 0.15) is 0 Å². The predicted molar refractivity (Wildman–Crippen MR) is 151 cm³/mol. The summed E-state index contributed by atoms with van der Waals surface area (Å²) in [6.07, 6.45) is -6.35. The lowest BCUT2D eigenvalue weighted by Crippen LogP contribution is -2.54. The van der Waals surface area contributed by atoms with E-state index in [4.69, 9.17) is 31.0 Å². The summed E-state index contributed by atoms with van der Waals surface area (Å²) in [5.41, 5.74) is 0.162. The minimum atomic E-state index is -5.08. The Morgan fingerprint density at radius 1 is 1.02 bits per heavy atom. The first-order valence-corrected chi connectivity index (χ1v) is 14.0. The van der Waals surface area contributed by atoms with Gasteiger partial charge in [0.2, 0.25) is 0 Å². The molecule has 2 aliphatic rings. The van der Waals surface area contributed by atoms with Crippen molar-refractivity contribution < 1.29 is 50.5 Å². The summed E-state index contributed by atoms with van der Waals surface area (Å²) in [6, 6.07) is 9.33. The van der Waals surface area contributed by atoms with Gasteiger partial charge in [-0.1, -0.05) is 17.7 Å². The Bertz CT molecular complexity index is 1340. The number of nitrogens with zero attached hydrogens (tertiary/aromatic N) is 1. The van der Waals surface area contributed by atoms with Crippen LogP contribution >= 0.6 is 11.6 Å². The number of carboxylic acid groups (broad SMARTS) is 1. The van der Waals surface area contributed by atoms with Gasteiger partial charge in [-0.25, -0.2) is 9.59 Å². The van der Waals surface area contributed by atoms with Gasteiger partial charge in [-0.3, -0.25) is 4.90 Å². The zero-order valence-corrected chi connectivity index (χ0v) is 25.2. The zero-order chi connectivity index (χ0) is 33.0. The largest absolute Gasteiger partial charge is 0.493 e. The van der Waals surface area contributed by atoms with Crippen LogP contribution in [-0.4, -0.2) is 67.1 Å². The van der Waals surface area contributed by atoms with Gasteiger partial charge in [-0.15, -0.1) is 0 Å². The molecule has 0 aromatic heterocycles. The van der Waals surface area contributed by atoms with Crippen LogP contribution in [0.3, 0.4) is 0 Å². The second-order valence-corrected chi connectivity index (χ2v) is 11.3. The van der Waals surface area contributed by atoms with Crippen LogP contribution in [0.25, 0.3) is 0 Å². The van der Waals surface area contributed by atoms with Crippen LogP contribution in [0.4, 0.5) is 36.8 Å². The van der Waals surface area contributed by atoms with Gasteiger partial charge in [0.05, 0.1) is 24.8 Å². The summed E-state index contributed by atoms with van der Waals surface area (Å²) in [4.78, 5) is 24.1. The van der Waals surface area contributed by atoms with Gasteiger partial charge in [0.15, 0.2) is 11.5 Å². The van der Waals surface area contributed by atoms with Crippen molar-refractivity contribution in [1.82, 2.24) is 10.2 Å². The molecular weight excluding hydrogens is 620 g/mol. The van der Waals surface area contributed by atoms with Gasteiger partial charge in [0, 0.05) is 29.2 Å². The van der Waals surface area contributed by atoms with E-state index in [1.165, 1.54) is 11.6 Å². The molecule has 2 aromatic carbocycles. The van der Waals surface area contributed by atoms with Crippen LogP contribution < -0.4 is 20.1 Å². The molecule has 4 rings (SSSR count). The SMILES string of the molecule is COc1ccc(C23CCC(NC(=O)Nc4ccc(Cl)c(C(F)(F)F)c4)CC2N(C(C)C)CC3)cc1OC.O=C(O)C(F)(F)F. The number of amides is 2. The number of carbonyl (C=O) groups excluding carboxylic acids is 1. The van der Waals surface area contributed by atoms with Crippen molar-refractivity contribution >= 4 is 29.3 Å². The number of hydrogen-bond acceptors (Lipinski definition) is 5. The molecule has 8 nitrogen and oxygen atoms in total. The Morgan fingerprint density at radius 3 is 2.20 bits per heavy atom. The van der Waals surface area contributed by atoms with Gasteiger partial charge in [-0.2, -0.15) is 26.3 Å². The molecule has 3 atom stereocenters. The van der Waals surface area contributed by atoms with E-state index >= 15 is 0 Å². The van der Waals surface area contributed by atoms with Gasteiger partial charge in [-0.05, 0) is 82.0 Å². The first-order valence-electron chi connectivity index (χ1n) is 13.7. The Morgan fingerprint density at radius 2 is 1.66 bits per heavy atom. The maximum atomic E-state index is 13.2. The van der Waals surface area contributed by atoms with Crippen molar-refractivity contribution in [2.24, 2.45) is 0 Å². The molecule has 2 fully saturated rings. The highest BCUT2D eigenvalue weighted by molar-refractivity contribution is 6.31. The molecule has 1 saturated carbocycles. The number of nitrogens with one attached hydrogen (secondary N) is 2. The number of benzene rings is 2. The normalized spacial score (nSPS) is 22.0. The summed E-state index contributed by atoms with van der Waals surface area (Å²) < 4.78 is 82.3. The molecule has 244 valence electrons. The lowest BCUT2D eigenvalue weighted by Gasteiger charge is -2.46. The number of carbonyl (C=O) groups is 2. The van der Waals surface area contributed by atoms with Gasteiger partial charge < -0.3 is 25.2 Å². The van der Waals surface area contributed by atoms with Crippen LogP contribution in [0.15, 0.2) is 36.4 Å². The predicted octanol–water partition coefficient (Wildman–Crippen LogP) is 7.10. The molecule has 1 aliphatic heterocycles. The number of anilines is 1. The molecule has 2 aromatic rings. The molecule has 1 heterocycles. The quantitative estimate of drug-likeness (QED) is 0.288. The Labute approximate surface area is 255 Å². The van der Waals surface area contributed by atoms with Crippen LogP contribution in [-0.2, 0) is 16.4 Å². The number of rotatable bonds is 6. The first-order chi connectivity index (χ1) is 20.4. The van der Waals surface area contributed by atoms with Crippen molar-refractivity contribution in [2.75, 3.05) is 26.1 Å². The van der Waals surface area contributed by atoms with E-state index in [1.54, 1.807) is 14.2 Å². The van der Waals surface area contributed by atoms with Crippen LogP contribution in [0.1, 0.15) is 50.7 Å². The molecule has 15 heteroatoms. The van der Waals surface area contributed by atoms with E-state index in [1.807, 2.05) is 6.07 Å². The van der Waals surface area contributed by atoms with Crippen LogP contribution in [0.5, 0.6) is 11.5 Å². The number of hydrogen-bond donors (Lipinski definition) is 3. The van der Waals surface area contributed by atoms with Gasteiger partial charge >= 0.3 is 24.4 Å².